The summed E-state index contributed by atoms with van der Waals surface area (Å²) in [5.74, 6) is 0. The molecule has 0 fully saturated rings. The standard InChI is InChI=1S/C4H9F2N/c1-4(2,3)7(5)6/h1-3H3. The lowest BCUT2D eigenvalue weighted by Gasteiger charge is -2.16. The molecule has 0 aromatic rings. The number of halogens is 2. The highest BCUT2D eigenvalue weighted by molar-refractivity contribution is 4.61. The zero-order valence-electron chi connectivity index (χ0n) is 4.70. The normalized spacial score (nSPS) is 12.9. The Kier molecular flexibility index (Phi) is 1.69. The molecule has 0 aliphatic carbocycles. The fraction of sp³-hybridized carbons (Fsp3) is 1.00. The van der Waals surface area contributed by atoms with Crippen molar-refractivity contribution in [3.8, 4) is 0 Å². The molecule has 0 spiro atoms. The highest BCUT2D eigenvalue weighted by Crippen LogP contribution is 2.12. The molecule has 3 heteroatoms. The Labute approximate surface area is 41.8 Å². The van der Waals surface area contributed by atoms with Gasteiger partial charge in [0.05, 0.1) is 5.54 Å². The van der Waals surface area contributed by atoms with Gasteiger partial charge in [-0.1, -0.05) is 0 Å². The molecule has 0 bridgehead atoms. The number of hydrogen-bond donors (Lipinski definition) is 0. The monoisotopic (exact) mass is 109 g/mol. The molecule has 0 atom stereocenters. The van der Waals surface area contributed by atoms with Crippen LogP contribution < -0.4 is 0 Å². The molecule has 0 saturated carbocycles. The van der Waals surface area contributed by atoms with E-state index >= 15 is 0 Å². The number of nitrogens with zero attached hydrogens (tertiary/aromatic N) is 1. The molecular formula is C4H9F2N. The summed E-state index contributed by atoms with van der Waals surface area (Å²) < 4.78 is 22.8. The molecule has 0 aliphatic heterocycles. The van der Waals surface area contributed by atoms with E-state index in [1.165, 1.54) is 20.8 Å². The Balaban J connectivity index is 3.54. The summed E-state index contributed by atoms with van der Waals surface area (Å²) in [6.07, 6.45) is 0. The molecule has 0 aromatic carbocycles. The van der Waals surface area contributed by atoms with Crippen molar-refractivity contribution in [2.75, 3.05) is 0 Å². The summed E-state index contributed by atoms with van der Waals surface area (Å²) in [4.78, 5) is 0. The summed E-state index contributed by atoms with van der Waals surface area (Å²) in [5.41, 5.74) is -1.00. The quantitative estimate of drug-likeness (QED) is 0.429. The van der Waals surface area contributed by atoms with E-state index in [0.29, 0.717) is 0 Å². The Hall–Kier alpha value is -0.180. The lowest BCUT2D eigenvalue weighted by molar-refractivity contribution is -0.214. The van der Waals surface area contributed by atoms with E-state index in [1.54, 1.807) is 0 Å². The van der Waals surface area contributed by atoms with Crippen molar-refractivity contribution in [2.45, 2.75) is 26.3 Å². The first-order chi connectivity index (χ1) is 2.94. The molecule has 44 valence electrons. The molecular weight excluding hydrogens is 100 g/mol. The van der Waals surface area contributed by atoms with E-state index in [2.05, 4.69) is 0 Å². The van der Waals surface area contributed by atoms with Crippen LogP contribution in [0.3, 0.4) is 0 Å². The fourth-order valence-corrected chi connectivity index (χ4v) is 0. The van der Waals surface area contributed by atoms with Crippen LogP contribution >= 0.6 is 0 Å². The third-order valence-electron chi connectivity index (χ3n) is 0.507. The first kappa shape index (κ1) is 6.82. The zero-order chi connectivity index (χ0) is 6.08. The first-order valence-electron chi connectivity index (χ1n) is 2.06. The minimum absolute atomic E-state index is 0.812. The van der Waals surface area contributed by atoms with Crippen molar-refractivity contribution < 1.29 is 8.96 Å². The predicted octanol–water partition coefficient (Wildman–Crippen LogP) is 1.86. The largest absolute Gasteiger partial charge is 0.101 e. The third-order valence-corrected chi connectivity index (χ3v) is 0.507. The van der Waals surface area contributed by atoms with Gasteiger partial charge in [0, 0.05) is 5.34 Å². The number of rotatable bonds is 0. The molecule has 0 rings (SSSR count). The van der Waals surface area contributed by atoms with Crippen LogP contribution in [0.4, 0.5) is 8.96 Å². The zero-order valence-corrected chi connectivity index (χ0v) is 4.70. The van der Waals surface area contributed by atoms with Gasteiger partial charge in [-0.3, -0.25) is 0 Å². The first-order valence-corrected chi connectivity index (χ1v) is 2.06. The van der Waals surface area contributed by atoms with Crippen LogP contribution in [-0.2, 0) is 0 Å². The van der Waals surface area contributed by atoms with Crippen LogP contribution in [0.1, 0.15) is 20.8 Å². The molecule has 0 N–H and O–H groups in total. The average molecular weight is 109 g/mol. The van der Waals surface area contributed by atoms with Crippen LogP contribution in [0.25, 0.3) is 0 Å². The number of hydrogen-bond acceptors (Lipinski definition) is 1. The summed E-state index contributed by atoms with van der Waals surface area (Å²) in [6.45, 7) is 4.31. The molecule has 0 radical (unpaired) electrons. The maximum Gasteiger partial charge on any atom is 0.0755 e. The molecule has 0 aromatic heterocycles. The van der Waals surface area contributed by atoms with E-state index in [-0.39, 0.29) is 0 Å². The second kappa shape index (κ2) is 1.74. The van der Waals surface area contributed by atoms with Gasteiger partial charge >= 0.3 is 0 Å². The second-order valence-corrected chi connectivity index (χ2v) is 2.40. The van der Waals surface area contributed by atoms with Crippen molar-refractivity contribution in [3.63, 3.8) is 0 Å². The summed E-state index contributed by atoms with van der Waals surface area (Å²) >= 11 is 0. The van der Waals surface area contributed by atoms with E-state index in [4.69, 9.17) is 0 Å². The van der Waals surface area contributed by atoms with Crippen LogP contribution in [0, 0.1) is 0 Å². The average Bonchev–Trinajstić information content (AvgIpc) is 1.31. The van der Waals surface area contributed by atoms with Crippen molar-refractivity contribution in [2.24, 2.45) is 0 Å². The van der Waals surface area contributed by atoms with Crippen LogP contribution in [0.2, 0.25) is 0 Å². The van der Waals surface area contributed by atoms with Gasteiger partial charge < -0.3 is 0 Å². The molecule has 0 saturated heterocycles. The van der Waals surface area contributed by atoms with Gasteiger partial charge in [0.1, 0.15) is 0 Å². The van der Waals surface area contributed by atoms with Gasteiger partial charge in [0.2, 0.25) is 0 Å². The van der Waals surface area contributed by atoms with Gasteiger partial charge in [-0.2, -0.15) is 0 Å². The van der Waals surface area contributed by atoms with Gasteiger partial charge in [0.25, 0.3) is 0 Å². The molecule has 1 nitrogen and oxygen atoms in total. The second-order valence-electron chi connectivity index (χ2n) is 2.40. The highest BCUT2D eigenvalue weighted by atomic mass is 19.4. The minimum Gasteiger partial charge on any atom is -0.101 e. The SMILES string of the molecule is CC(C)(C)N(F)F. The minimum atomic E-state index is -1.00. The highest BCUT2D eigenvalue weighted by Gasteiger charge is 2.19. The maximum atomic E-state index is 11.4. The van der Waals surface area contributed by atoms with Gasteiger partial charge in [-0.05, 0) is 20.8 Å². The van der Waals surface area contributed by atoms with Crippen LogP contribution in [0.5, 0.6) is 0 Å². The van der Waals surface area contributed by atoms with Crippen molar-refractivity contribution in [1.29, 1.82) is 0 Å². The lowest BCUT2D eigenvalue weighted by atomic mass is 10.1. The molecule has 0 aliphatic rings. The predicted molar refractivity (Wildman–Crippen MR) is 23.8 cm³/mol. The van der Waals surface area contributed by atoms with E-state index in [0.717, 1.165) is 0 Å². The summed E-state index contributed by atoms with van der Waals surface area (Å²) in [5, 5.41) is -0.812. The van der Waals surface area contributed by atoms with Crippen LogP contribution in [-0.4, -0.2) is 10.9 Å². The summed E-state index contributed by atoms with van der Waals surface area (Å²) in [6, 6.07) is 0. The van der Waals surface area contributed by atoms with Crippen molar-refractivity contribution >= 4 is 0 Å². The van der Waals surface area contributed by atoms with E-state index in [1.807, 2.05) is 0 Å². The Morgan fingerprint density at radius 1 is 1.14 bits per heavy atom. The molecule has 0 amide bonds. The van der Waals surface area contributed by atoms with Gasteiger partial charge in [-0.25, -0.2) is 0 Å². The van der Waals surface area contributed by atoms with Crippen LogP contribution in [0.15, 0.2) is 0 Å². The van der Waals surface area contributed by atoms with E-state index in [9.17, 15) is 8.96 Å². The van der Waals surface area contributed by atoms with Crippen molar-refractivity contribution in [1.82, 2.24) is 5.34 Å². The third kappa shape index (κ3) is 2.51. The summed E-state index contributed by atoms with van der Waals surface area (Å²) in [7, 11) is 0. The van der Waals surface area contributed by atoms with Crippen molar-refractivity contribution in [3.05, 3.63) is 0 Å². The Bertz CT molecular complexity index is 55.2. The fourth-order valence-electron chi connectivity index (χ4n) is 0. The lowest BCUT2D eigenvalue weighted by Crippen LogP contribution is -2.27. The Morgan fingerprint density at radius 3 is 1.29 bits per heavy atom. The smallest absolute Gasteiger partial charge is 0.0755 e. The van der Waals surface area contributed by atoms with Gasteiger partial charge in [-0.15, -0.1) is 8.96 Å². The maximum absolute atomic E-state index is 11.4. The molecule has 0 heterocycles. The van der Waals surface area contributed by atoms with E-state index < -0.39 is 10.9 Å². The topological polar surface area (TPSA) is 3.24 Å². The van der Waals surface area contributed by atoms with Gasteiger partial charge in [0.15, 0.2) is 0 Å². The Morgan fingerprint density at radius 2 is 1.29 bits per heavy atom. The molecule has 0 unspecified atom stereocenters. The molecule has 7 heavy (non-hydrogen) atoms.